The second-order valence-electron chi connectivity index (χ2n) is 6.22. The van der Waals surface area contributed by atoms with Crippen LogP contribution in [0.3, 0.4) is 0 Å². The Labute approximate surface area is 167 Å². The largest absolute Gasteiger partial charge is 0.496 e. The zero-order valence-electron chi connectivity index (χ0n) is 15.4. The lowest BCUT2D eigenvalue weighted by molar-refractivity contribution is -0.133. The lowest BCUT2D eigenvalue weighted by Gasteiger charge is -2.09. The first-order chi connectivity index (χ1) is 13.6. The number of carboxylic acids is 1. The van der Waals surface area contributed by atoms with Crippen molar-refractivity contribution >= 4 is 40.4 Å². The molecule has 5 heteroatoms. The van der Waals surface area contributed by atoms with E-state index in [2.05, 4.69) is 6.07 Å². The summed E-state index contributed by atoms with van der Waals surface area (Å²) >= 11 is 1.27. The second-order valence-corrected chi connectivity index (χ2v) is 7.20. The number of hydrogen-bond acceptors (Lipinski definition) is 4. The maximum absolute atomic E-state index is 12.6. The average Bonchev–Trinajstić information content (AvgIpc) is 2.71. The number of hydrogen-bond donors (Lipinski definition) is 1. The van der Waals surface area contributed by atoms with E-state index in [1.807, 2.05) is 36.4 Å². The highest BCUT2D eigenvalue weighted by atomic mass is 32.2. The highest BCUT2D eigenvalue weighted by molar-refractivity contribution is 7.99. The molecule has 0 aliphatic rings. The van der Waals surface area contributed by atoms with Gasteiger partial charge in [-0.1, -0.05) is 42.5 Å². The molecule has 0 radical (unpaired) electrons. The molecule has 0 heterocycles. The predicted molar refractivity (Wildman–Crippen MR) is 114 cm³/mol. The molecule has 4 nitrogen and oxygen atoms in total. The molecule has 0 aromatic heterocycles. The van der Waals surface area contributed by atoms with Gasteiger partial charge in [0.05, 0.1) is 12.9 Å². The van der Waals surface area contributed by atoms with E-state index in [0.29, 0.717) is 17.1 Å². The Bertz CT molecular complexity index is 1040. The van der Waals surface area contributed by atoms with E-state index in [4.69, 9.17) is 9.84 Å². The topological polar surface area (TPSA) is 63.6 Å². The highest BCUT2D eigenvalue weighted by Crippen LogP contribution is 2.25. The van der Waals surface area contributed by atoms with Crippen LogP contribution in [0.1, 0.15) is 21.5 Å². The van der Waals surface area contributed by atoms with Gasteiger partial charge in [-0.2, -0.15) is 0 Å². The summed E-state index contributed by atoms with van der Waals surface area (Å²) in [5.41, 5.74) is 2.31. The standard InChI is InChI=1S/C23H20O4S/c1-27-22-11-9-19(13-20(22)14-28-15-23(25)26)21(24)10-7-16-6-8-17-4-2-3-5-18(17)12-16/h2-13H,14-15H2,1H3,(H,25,26)/b10-7+. The molecule has 142 valence electrons. The number of ketones is 1. The van der Waals surface area contributed by atoms with Crippen LogP contribution in [0.25, 0.3) is 16.8 Å². The molecule has 1 N–H and O–H groups in total. The van der Waals surface area contributed by atoms with E-state index in [1.54, 1.807) is 37.5 Å². The van der Waals surface area contributed by atoms with Crippen LogP contribution in [0, 0.1) is 0 Å². The summed E-state index contributed by atoms with van der Waals surface area (Å²) in [6.45, 7) is 0. The van der Waals surface area contributed by atoms with Crippen molar-refractivity contribution in [1.29, 1.82) is 0 Å². The van der Waals surface area contributed by atoms with E-state index in [0.717, 1.165) is 21.9 Å². The summed E-state index contributed by atoms with van der Waals surface area (Å²) in [7, 11) is 1.56. The highest BCUT2D eigenvalue weighted by Gasteiger charge is 2.09. The van der Waals surface area contributed by atoms with Crippen molar-refractivity contribution < 1.29 is 19.4 Å². The van der Waals surface area contributed by atoms with Crippen LogP contribution in [0.2, 0.25) is 0 Å². The molecule has 0 atom stereocenters. The fourth-order valence-corrected chi connectivity index (χ4v) is 3.59. The Morgan fingerprint density at radius 1 is 1.04 bits per heavy atom. The Kier molecular flexibility index (Phi) is 6.50. The number of carbonyl (C=O) groups excluding carboxylic acids is 1. The van der Waals surface area contributed by atoms with Gasteiger partial charge < -0.3 is 9.84 Å². The average molecular weight is 392 g/mol. The van der Waals surface area contributed by atoms with E-state index >= 15 is 0 Å². The smallest absolute Gasteiger partial charge is 0.313 e. The summed E-state index contributed by atoms with van der Waals surface area (Å²) in [5, 5.41) is 11.1. The van der Waals surface area contributed by atoms with Gasteiger partial charge >= 0.3 is 5.97 Å². The minimum atomic E-state index is -0.866. The Morgan fingerprint density at radius 3 is 2.57 bits per heavy atom. The maximum atomic E-state index is 12.6. The summed E-state index contributed by atoms with van der Waals surface area (Å²) < 4.78 is 5.32. The number of carboxylic acid groups (broad SMARTS) is 1. The number of methoxy groups -OCH3 is 1. The van der Waals surface area contributed by atoms with Crippen LogP contribution in [0.4, 0.5) is 0 Å². The van der Waals surface area contributed by atoms with Crippen LogP contribution < -0.4 is 4.74 Å². The molecule has 28 heavy (non-hydrogen) atoms. The monoisotopic (exact) mass is 392 g/mol. The molecule has 0 saturated heterocycles. The molecule has 3 aromatic carbocycles. The zero-order chi connectivity index (χ0) is 19.9. The van der Waals surface area contributed by atoms with Gasteiger partial charge in [0.15, 0.2) is 5.78 Å². The van der Waals surface area contributed by atoms with Gasteiger partial charge in [-0.15, -0.1) is 11.8 Å². The molecular weight excluding hydrogens is 372 g/mol. The molecule has 0 fully saturated rings. The molecule has 0 unspecified atom stereocenters. The molecular formula is C23H20O4S. The number of ether oxygens (including phenoxy) is 1. The van der Waals surface area contributed by atoms with Crippen LogP contribution >= 0.6 is 11.8 Å². The van der Waals surface area contributed by atoms with Crippen molar-refractivity contribution in [2.24, 2.45) is 0 Å². The lowest BCUT2D eigenvalue weighted by atomic mass is 10.0. The van der Waals surface area contributed by atoms with Gasteiger partial charge in [-0.05, 0) is 46.7 Å². The first kappa shape index (κ1) is 19.7. The Morgan fingerprint density at radius 2 is 1.82 bits per heavy atom. The number of fused-ring (bicyclic) bond motifs is 1. The number of thioether (sulfide) groups is 1. The van der Waals surface area contributed by atoms with E-state index in [-0.39, 0.29) is 11.5 Å². The molecule has 3 aromatic rings. The zero-order valence-corrected chi connectivity index (χ0v) is 16.2. The van der Waals surface area contributed by atoms with Crippen molar-refractivity contribution in [3.8, 4) is 5.75 Å². The molecule has 0 amide bonds. The Hall–Kier alpha value is -3.05. The lowest BCUT2D eigenvalue weighted by Crippen LogP contribution is -2.01. The molecule has 3 rings (SSSR count). The number of rotatable bonds is 8. The summed E-state index contributed by atoms with van der Waals surface area (Å²) in [4.78, 5) is 23.3. The Balaban J connectivity index is 1.76. The second kappa shape index (κ2) is 9.24. The molecule has 0 saturated carbocycles. The van der Waals surface area contributed by atoms with Gasteiger partial charge in [0.25, 0.3) is 0 Å². The van der Waals surface area contributed by atoms with Gasteiger partial charge in [0.2, 0.25) is 0 Å². The summed E-state index contributed by atoms with van der Waals surface area (Å²) in [5.74, 6) is 0.136. The van der Waals surface area contributed by atoms with Crippen LogP contribution in [-0.2, 0) is 10.5 Å². The quantitative estimate of drug-likeness (QED) is 0.429. The fraction of sp³-hybridized carbons (Fsp3) is 0.130. The van der Waals surface area contributed by atoms with Crippen molar-refractivity contribution in [3.05, 3.63) is 83.4 Å². The molecule has 0 spiro atoms. The number of aliphatic carboxylic acids is 1. The fourth-order valence-electron chi connectivity index (χ4n) is 2.87. The van der Waals surface area contributed by atoms with Gasteiger partial charge in [0, 0.05) is 16.9 Å². The van der Waals surface area contributed by atoms with Crippen molar-refractivity contribution in [3.63, 3.8) is 0 Å². The summed E-state index contributed by atoms with van der Waals surface area (Å²) in [6.07, 6.45) is 3.36. The van der Waals surface area contributed by atoms with E-state index in [1.165, 1.54) is 11.8 Å². The molecule has 0 aliphatic carbocycles. The van der Waals surface area contributed by atoms with Crippen molar-refractivity contribution in [1.82, 2.24) is 0 Å². The third-order valence-electron chi connectivity index (χ3n) is 4.25. The maximum Gasteiger partial charge on any atom is 0.313 e. The van der Waals surface area contributed by atoms with Crippen molar-refractivity contribution in [2.75, 3.05) is 12.9 Å². The van der Waals surface area contributed by atoms with E-state index in [9.17, 15) is 9.59 Å². The number of allylic oxidation sites excluding steroid dienone is 1. The minimum absolute atomic E-state index is 0.00317. The number of benzene rings is 3. The van der Waals surface area contributed by atoms with Gasteiger partial charge in [-0.25, -0.2) is 0 Å². The first-order valence-corrected chi connectivity index (χ1v) is 9.90. The first-order valence-electron chi connectivity index (χ1n) is 8.74. The molecule has 0 bridgehead atoms. The third kappa shape index (κ3) is 5.02. The van der Waals surface area contributed by atoms with E-state index < -0.39 is 5.97 Å². The van der Waals surface area contributed by atoms with Crippen molar-refractivity contribution in [2.45, 2.75) is 5.75 Å². The normalized spacial score (nSPS) is 11.0. The molecule has 0 aliphatic heterocycles. The van der Waals surface area contributed by atoms with Crippen LogP contribution in [-0.4, -0.2) is 29.7 Å². The van der Waals surface area contributed by atoms with Gasteiger partial charge in [0.1, 0.15) is 5.75 Å². The third-order valence-corrected chi connectivity index (χ3v) is 5.21. The minimum Gasteiger partial charge on any atom is -0.496 e. The van der Waals surface area contributed by atoms with Gasteiger partial charge in [-0.3, -0.25) is 9.59 Å². The SMILES string of the molecule is COc1ccc(C(=O)/C=C/c2ccc3ccccc3c2)cc1CSCC(=O)O. The van der Waals surface area contributed by atoms with Crippen LogP contribution in [0.15, 0.2) is 66.7 Å². The summed E-state index contributed by atoms with van der Waals surface area (Å²) in [6, 6.07) is 19.4. The number of carbonyl (C=O) groups is 2. The predicted octanol–water partition coefficient (Wildman–Crippen LogP) is 5.06. The van der Waals surface area contributed by atoms with Crippen LogP contribution in [0.5, 0.6) is 5.75 Å².